The normalized spacial score (nSPS) is 34.5. The lowest BCUT2D eigenvalue weighted by atomic mass is 9.98. The molecule has 1 N–H and O–H groups in total. The molecule has 0 amide bonds. The van der Waals surface area contributed by atoms with Gasteiger partial charge < -0.3 is 4.90 Å². The van der Waals surface area contributed by atoms with Crippen LogP contribution in [0.3, 0.4) is 0 Å². The number of hydrogen-bond donors (Lipinski definition) is 1. The van der Waals surface area contributed by atoms with Crippen molar-refractivity contribution in [3.8, 4) is 6.07 Å². The molecule has 20 heavy (non-hydrogen) atoms. The minimum atomic E-state index is -0.335. The second-order valence-electron chi connectivity index (χ2n) is 7.25. The van der Waals surface area contributed by atoms with Gasteiger partial charge in [0.05, 0.1) is 6.07 Å². The maximum absolute atomic E-state index is 9.46. The number of likely N-dealkylation sites (tertiary alicyclic amines) is 1. The Labute approximate surface area is 123 Å². The summed E-state index contributed by atoms with van der Waals surface area (Å²) in [5.74, 6) is 0. The molecule has 3 rings (SSSR count). The average Bonchev–Trinajstić information content (AvgIpc) is 3.17. The fraction of sp³-hybridized carbons (Fsp3) is 0.938. The van der Waals surface area contributed by atoms with Crippen LogP contribution in [0.5, 0.6) is 0 Å². The van der Waals surface area contributed by atoms with Gasteiger partial charge in [0.15, 0.2) is 0 Å². The number of fused-ring (bicyclic) bond motifs is 2. The van der Waals surface area contributed by atoms with E-state index in [1.807, 2.05) is 0 Å². The van der Waals surface area contributed by atoms with E-state index in [-0.39, 0.29) is 5.54 Å². The molecule has 0 spiro atoms. The summed E-state index contributed by atoms with van der Waals surface area (Å²) in [6, 6.07) is 4.65. The van der Waals surface area contributed by atoms with Crippen LogP contribution < -0.4 is 5.32 Å². The molecule has 1 saturated carbocycles. The number of hydrogen-bond acceptors (Lipinski definition) is 4. The molecule has 4 heteroatoms. The predicted molar refractivity (Wildman–Crippen MR) is 80.4 cm³/mol. The molecule has 2 aliphatic heterocycles. The van der Waals surface area contributed by atoms with Crippen LogP contribution in [0, 0.1) is 11.3 Å². The summed E-state index contributed by atoms with van der Waals surface area (Å²) in [6.07, 6.45) is 7.47. The van der Waals surface area contributed by atoms with Gasteiger partial charge in [-0.3, -0.25) is 10.2 Å². The maximum Gasteiger partial charge on any atom is 0.105 e. The Hall–Kier alpha value is -0.630. The van der Waals surface area contributed by atoms with Gasteiger partial charge >= 0.3 is 0 Å². The first-order valence-electron chi connectivity index (χ1n) is 8.23. The molecule has 4 nitrogen and oxygen atoms in total. The third kappa shape index (κ3) is 3.16. The lowest BCUT2D eigenvalue weighted by Gasteiger charge is -2.29. The minimum absolute atomic E-state index is 0.335. The Morgan fingerprint density at radius 1 is 1.20 bits per heavy atom. The van der Waals surface area contributed by atoms with Crippen LogP contribution in [0.1, 0.15) is 45.4 Å². The van der Waals surface area contributed by atoms with Gasteiger partial charge in [0.25, 0.3) is 0 Å². The summed E-state index contributed by atoms with van der Waals surface area (Å²) in [7, 11) is 2.29. The summed E-state index contributed by atoms with van der Waals surface area (Å²) in [5, 5.41) is 13.0. The highest BCUT2D eigenvalue weighted by Crippen LogP contribution is 2.29. The Morgan fingerprint density at radius 2 is 1.95 bits per heavy atom. The zero-order valence-corrected chi connectivity index (χ0v) is 12.9. The van der Waals surface area contributed by atoms with Crippen LogP contribution >= 0.6 is 0 Å². The fourth-order valence-electron chi connectivity index (χ4n) is 3.80. The highest BCUT2D eigenvalue weighted by molar-refractivity contribution is 5.07. The summed E-state index contributed by atoms with van der Waals surface area (Å²) < 4.78 is 0. The number of nitriles is 1. The molecule has 2 heterocycles. The molecule has 3 atom stereocenters. The quantitative estimate of drug-likeness (QED) is 0.828. The Bertz CT molecular complexity index is 386. The number of rotatable bonds is 5. The third-order valence-corrected chi connectivity index (χ3v) is 5.51. The van der Waals surface area contributed by atoms with Crippen molar-refractivity contribution in [2.45, 2.75) is 69.1 Å². The zero-order valence-electron chi connectivity index (χ0n) is 12.9. The summed E-state index contributed by atoms with van der Waals surface area (Å²) in [5.41, 5.74) is -0.335. The monoisotopic (exact) mass is 276 g/mol. The fourth-order valence-corrected chi connectivity index (χ4v) is 3.80. The predicted octanol–water partition coefficient (Wildman–Crippen LogP) is 1.58. The van der Waals surface area contributed by atoms with Gasteiger partial charge in [-0.05, 0) is 59.0 Å². The lowest BCUT2D eigenvalue weighted by Crippen LogP contribution is -2.46. The summed E-state index contributed by atoms with van der Waals surface area (Å²) in [6.45, 7) is 5.52. The van der Waals surface area contributed by atoms with Gasteiger partial charge in [0.1, 0.15) is 5.54 Å². The topological polar surface area (TPSA) is 42.3 Å². The first kappa shape index (κ1) is 14.3. The highest BCUT2D eigenvalue weighted by Gasteiger charge is 2.36. The Balaban J connectivity index is 1.51. The zero-order chi connectivity index (χ0) is 14.2. The third-order valence-electron chi connectivity index (χ3n) is 5.51. The van der Waals surface area contributed by atoms with Crippen LogP contribution in [-0.2, 0) is 0 Å². The van der Waals surface area contributed by atoms with Crippen molar-refractivity contribution in [1.29, 1.82) is 5.26 Å². The van der Waals surface area contributed by atoms with E-state index in [9.17, 15) is 5.26 Å². The van der Waals surface area contributed by atoms with E-state index in [4.69, 9.17) is 0 Å². The number of likely N-dealkylation sites (N-methyl/N-ethyl adjacent to an activating group) is 1. The Kier molecular flexibility index (Phi) is 4.03. The average molecular weight is 276 g/mol. The van der Waals surface area contributed by atoms with Gasteiger partial charge in [-0.2, -0.15) is 5.26 Å². The van der Waals surface area contributed by atoms with Crippen molar-refractivity contribution in [2.24, 2.45) is 0 Å². The van der Waals surface area contributed by atoms with Crippen LogP contribution in [-0.4, -0.2) is 60.1 Å². The van der Waals surface area contributed by atoms with Crippen molar-refractivity contribution in [3.63, 3.8) is 0 Å². The molecule has 0 aromatic heterocycles. The van der Waals surface area contributed by atoms with E-state index in [0.717, 1.165) is 25.0 Å². The molecule has 0 aromatic carbocycles. The van der Waals surface area contributed by atoms with E-state index in [1.54, 1.807) is 0 Å². The second-order valence-corrected chi connectivity index (χ2v) is 7.25. The van der Waals surface area contributed by atoms with E-state index in [2.05, 4.69) is 35.2 Å². The molecule has 1 aliphatic carbocycles. The van der Waals surface area contributed by atoms with Gasteiger partial charge in [0, 0.05) is 31.2 Å². The molecular formula is C16H28N4. The molecule has 2 saturated heterocycles. The van der Waals surface area contributed by atoms with E-state index < -0.39 is 0 Å². The van der Waals surface area contributed by atoms with Gasteiger partial charge in [-0.15, -0.1) is 0 Å². The molecule has 3 aliphatic rings. The SMILES string of the molecule is CN1C2CCC1CN(CCC(C)(C#N)NC1CC1)CC2. The minimum Gasteiger partial charge on any atom is -0.302 e. The van der Waals surface area contributed by atoms with Gasteiger partial charge in [0.2, 0.25) is 0 Å². The second kappa shape index (κ2) is 5.63. The van der Waals surface area contributed by atoms with Crippen LogP contribution in [0.25, 0.3) is 0 Å². The Morgan fingerprint density at radius 3 is 2.65 bits per heavy atom. The van der Waals surface area contributed by atoms with Gasteiger partial charge in [-0.1, -0.05) is 0 Å². The number of nitrogens with one attached hydrogen (secondary N) is 1. The molecule has 2 bridgehead atoms. The van der Waals surface area contributed by atoms with E-state index >= 15 is 0 Å². The molecule has 0 aromatic rings. The van der Waals surface area contributed by atoms with Crippen LogP contribution in [0.2, 0.25) is 0 Å². The van der Waals surface area contributed by atoms with E-state index in [1.165, 1.54) is 45.2 Å². The first-order chi connectivity index (χ1) is 9.59. The first-order valence-corrected chi connectivity index (χ1v) is 8.23. The smallest absolute Gasteiger partial charge is 0.105 e. The lowest BCUT2D eigenvalue weighted by molar-refractivity contribution is 0.207. The standard InChI is InChI=1S/C16H28N4/c1-16(12-17,18-13-3-4-13)8-10-20-9-7-14-5-6-15(11-20)19(14)2/h13-15,18H,3-11H2,1-2H3. The van der Waals surface area contributed by atoms with Crippen LogP contribution in [0.15, 0.2) is 0 Å². The molecule has 0 radical (unpaired) electrons. The summed E-state index contributed by atoms with van der Waals surface area (Å²) in [4.78, 5) is 5.18. The van der Waals surface area contributed by atoms with Crippen molar-refractivity contribution >= 4 is 0 Å². The van der Waals surface area contributed by atoms with E-state index in [0.29, 0.717) is 6.04 Å². The van der Waals surface area contributed by atoms with Crippen molar-refractivity contribution in [2.75, 3.05) is 26.7 Å². The molecule has 3 fully saturated rings. The van der Waals surface area contributed by atoms with Gasteiger partial charge in [-0.25, -0.2) is 0 Å². The molecule has 3 unspecified atom stereocenters. The summed E-state index contributed by atoms with van der Waals surface area (Å²) >= 11 is 0. The molecular weight excluding hydrogens is 248 g/mol. The maximum atomic E-state index is 9.46. The van der Waals surface area contributed by atoms with Crippen LogP contribution in [0.4, 0.5) is 0 Å². The molecule has 112 valence electrons. The highest BCUT2D eigenvalue weighted by atomic mass is 15.3. The largest absolute Gasteiger partial charge is 0.302 e. The van der Waals surface area contributed by atoms with Crippen molar-refractivity contribution in [3.05, 3.63) is 0 Å². The van der Waals surface area contributed by atoms with Crippen molar-refractivity contribution in [1.82, 2.24) is 15.1 Å². The number of nitrogens with zero attached hydrogens (tertiary/aromatic N) is 3. The van der Waals surface area contributed by atoms with Crippen molar-refractivity contribution < 1.29 is 0 Å².